The van der Waals surface area contributed by atoms with E-state index in [4.69, 9.17) is 4.74 Å². The molecule has 1 aliphatic heterocycles. The van der Waals surface area contributed by atoms with Gasteiger partial charge in [-0.3, -0.25) is 4.79 Å². The minimum atomic E-state index is 0.108. The number of carbonyl (C=O) groups excluding carboxylic acids is 1. The summed E-state index contributed by atoms with van der Waals surface area (Å²) >= 11 is 0. The fraction of sp³-hybridized carbons (Fsp3) is 0.353. The van der Waals surface area contributed by atoms with Gasteiger partial charge in [0.2, 0.25) is 5.91 Å². The molecule has 3 heteroatoms. The second kappa shape index (κ2) is 7.53. The normalized spacial score (nSPS) is 15.3. The van der Waals surface area contributed by atoms with Crippen LogP contribution in [0.4, 0.5) is 0 Å². The molecule has 1 heterocycles. The van der Waals surface area contributed by atoms with E-state index < -0.39 is 0 Å². The van der Waals surface area contributed by atoms with Crippen molar-refractivity contribution in [1.29, 1.82) is 0 Å². The predicted octanol–water partition coefficient (Wildman–Crippen LogP) is 3.28. The lowest BCUT2D eigenvalue weighted by molar-refractivity contribution is -0.126. The van der Waals surface area contributed by atoms with Gasteiger partial charge in [-0.1, -0.05) is 24.8 Å². The molecule has 1 aromatic rings. The quantitative estimate of drug-likeness (QED) is 0.607. The predicted molar refractivity (Wildman–Crippen MR) is 81.6 cm³/mol. The van der Waals surface area contributed by atoms with E-state index in [0.717, 1.165) is 37.2 Å². The van der Waals surface area contributed by atoms with Crippen LogP contribution in [0.2, 0.25) is 0 Å². The van der Waals surface area contributed by atoms with Gasteiger partial charge < -0.3 is 9.64 Å². The van der Waals surface area contributed by atoms with E-state index in [1.165, 1.54) is 6.42 Å². The summed E-state index contributed by atoms with van der Waals surface area (Å²) in [7, 11) is 0. The highest BCUT2D eigenvalue weighted by molar-refractivity contribution is 5.91. The van der Waals surface area contributed by atoms with Crippen molar-refractivity contribution in [3.63, 3.8) is 0 Å². The zero-order valence-corrected chi connectivity index (χ0v) is 11.8. The number of benzene rings is 1. The maximum atomic E-state index is 12.0. The molecule has 1 aromatic carbocycles. The van der Waals surface area contributed by atoms with Gasteiger partial charge >= 0.3 is 0 Å². The van der Waals surface area contributed by atoms with Crippen LogP contribution in [0.3, 0.4) is 0 Å². The highest BCUT2D eigenvalue weighted by Crippen LogP contribution is 2.14. The summed E-state index contributed by atoms with van der Waals surface area (Å²) in [4.78, 5) is 13.9. The van der Waals surface area contributed by atoms with Gasteiger partial charge in [0, 0.05) is 19.2 Å². The van der Waals surface area contributed by atoms with E-state index in [1.54, 1.807) is 12.2 Å². The number of amides is 1. The molecule has 3 nitrogen and oxygen atoms in total. The minimum absolute atomic E-state index is 0.108. The van der Waals surface area contributed by atoms with E-state index in [1.807, 2.05) is 35.2 Å². The lowest BCUT2D eigenvalue weighted by Gasteiger charge is -2.25. The van der Waals surface area contributed by atoms with Gasteiger partial charge in [0.15, 0.2) is 0 Å². The highest BCUT2D eigenvalue weighted by atomic mass is 16.5. The van der Waals surface area contributed by atoms with Crippen molar-refractivity contribution < 1.29 is 9.53 Å². The lowest BCUT2D eigenvalue weighted by atomic mass is 10.1. The number of hydrogen-bond donors (Lipinski definition) is 0. The van der Waals surface area contributed by atoms with Crippen molar-refractivity contribution >= 4 is 12.0 Å². The Hall–Kier alpha value is -2.03. The van der Waals surface area contributed by atoms with E-state index in [9.17, 15) is 4.79 Å². The van der Waals surface area contributed by atoms with Crippen molar-refractivity contribution in [3.8, 4) is 5.75 Å². The van der Waals surface area contributed by atoms with Crippen LogP contribution in [0.15, 0.2) is 43.0 Å². The molecule has 0 unspecified atom stereocenters. The first kappa shape index (κ1) is 14.4. The molecule has 1 fully saturated rings. The van der Waals surface area contributed by atoms with Crippen molar-refractivity contribution in [2.75, 3.05) is 19.7 Å². The number of hydrogen-bond acceptors (Lipinski definition) is 2. The third kappa shape index (κ3) is 4.26. The fourth-order valence-corrected chi connectivity index (χ4v) is 2.22. The molecule has 2 rings (SSSR count). The first-order valence-corrected chi connectivity index (χ1v) is 7.10. The molecule has 0 aliphatic carbocycles. The monoisotopic (exact) mass is 271 g/mol. The summed E-state index contributed by atoms with van der Waals surface area (Å²) in [6.45, 7) is 5.88. The van der Waals surface area contributed by atoms with Gasteiger partial charge in [-0.2, -0.15) is 0 Å². The van der Waals surface area contributed by atoms with Crippen LogP contribution in [-0.4, -0.2) is 30.5 Å². The maximum Gasteiger partial charge on any atom is 0.246 e. The Morgan fingerprint density at radius 1 is 1.20 bits per heavy atom. The molecule has 0 atom stereocenters. The Morgan fingerprint density at radius 3 is 2.55 bits per heavy atom. The van der Waals surface area contributed by atoms with Gasteiger partial charge in [-0.25, -0.2) is 0 Å². The number of ether oxygens (including phenoxy) is 1. The molecule has 1 saturated heterocycles. The first-order chi connectivity index (χ1) is 9.79. The van der Waals surface area contributed by atoms with E-state index in [0.29, 0.717) is 6.61 Å². The molecular weight excluding hydrogens is 250 g/mol. The summed E-state index contributed by atoms with van der Waals surface area (Å²) in [6, 6.07) is 7.68. The van der Waals surface area contributed by atoms with Crippen LogP contribution in [0.5, 0.6) is 5.75 Å². The van der Waals surface area contributed by atoms with Gasteiger partial charge in [-0.05, 0) is 43.0 Å². The van der Waals surface area contributed by atoms with Crippen molar-refractivity contribution in [3.05, 3.63) is 48.6 Å². The van der Waals surface area contributed by atoms with E-state index in [-0.39, 0.29) is 5.91 Å². The molecule has 20 heavy (non-hydrogen) atoms. The van der Waals surface area contributed by atoms with Gasteiger partial charge in [0.25, 0.3) is 0 Å². The fourth-order valence-electron chi connectivity index (χ4n) is 2.22. The van der Waals surface area contributed by atoms with Crippen molar-refractivity contribution in [2.24, 2.45) is 0 Å². The first-order valence-electron chi connectivity index (χ1n) is 7.10. The molecule has 0 N–H and O–H groups in total. The Morgan fingerprint density at radius 2 is 1.90 bits per heavy atom. The van der Waals surface area contributed by atoms with Crippen LogP contribution in [0.1, 0.15) is 24.8 Å². The molecule has 0 radical (unpaired) electrons. The van der Waals surface area contributed by atoms with Crippen LogP contribution >= 0.6 is 0 Å². The molecule has 0 spiro atoms. The third-order valence-corrected chi connectivity index (χ3v) is 3.33. The van der Waals surface area contributed by atoms with E-state index >= 15 is 0 Å². The summed E-state index contributed by atoms with van der Waals surface area (Å²) in [5, 5.41) is 0. The average Bonchev–Trinajstić information content (AvgIpc) is 2.52. The maximum absolute atomic E-state index is 12.0. The number of nitrogens with zero attached hydrogens (tertiary/aromatic N) is 1. The smallest absolute Gasteiger partial charge is 0.246 e. The second-order valence-corrected chi connectivity index (χ2v) is 4.89. The Kier molecular flexibility index (Phi) is 5.42. The summed E-state index contributed by atoms with van der Waals surface area (Å²) < 4.78 is 5.41. The second-order valence-electron chi connectivity index (χ2n) is 4.89. The molecule has 0 bridgehead atoms. The number of carbonyl (C=O) groups is 1. The third-order valence-electron chi connectivity index (χ3n) is 3.33. The molecule has 0 aromatic heterocycles. The summed E-state index contributed by atoms with van der Waals surface area (Å²) in [6.07, 6.45) is 8.70. The van der Waals surface area contributed by atoms with Crippen LogP contribution in [-0.2, 0) is 4.79 Å². The number of rotatable bonds is 5. The zero-order valence-electron chi connectivity index (χ0n) is 11.8. The Bertz CT molecular complexity index is 470. The molecular formula is C17H21NO2. The van der Waals surface area contributed by atoms with Crippen LogP contribution in [0.25, 0.3) is 6.08 Å². The zero-order chi connectivity index (χ0) is 14.2. The van der Waals surface area contributed by atoms with Gasteiger partial charge in [-0.15, -0.1) is 0 Å². The molecule has 0 saturated carbocycles. The highest BCUT2D eigenvalue weighted by Gasteiger charge is 2.13. The Labute approximate surface area is 120 Å². The molecule has 1 amide bonds. The lowest BCUT2D eigenvalue weighted by Crippen LogP contribution is -2.34. The van der Waals surface area contributed by atoms with Gasteiger partial charge in [0.1, 0.15) is 12.4 Å². The summed E-state index contributed by atoms with van der Waals surface area (Å²) in [5.74, 6) is 0.918. The van der Waals surface area contributed by atoms with Crippen LogP contribution in [0, 0.1) is 0 Å². The molecule has 106 valence electrons. The number of piperidine rings is 1. The minimum Gasteiger partial charge on any atom is -0.490 e. The largest absolute Gasteiger partial charge is 0.490 e. The van der Waals surface area contributed by atoms with Crippen molar-refractivity contribution in [1.82, 2.24) is 4.90 Å². The standard InChI is InChI=1S/C17H21NO2/c1-2-14-20-16-9-6-15(7-10-16)8-11-17(19)18-12-4-3-5-13-18/h2,6-11H,1,3-5,12-14H2/b11-8+. The van der Waals surface area contributed by atoms with Crippen molar-refractivity contribution in [2.45, 2.75) is 19.3 Å². The van der Waals surface area contributed by atoms with Gasteiger partial charge in [0.05, 0.1) is 0 Å². The number of likely N-dealkylation sites (tertiary alicyclic amines) is 1. The van der Waals surface area contributed by atoms with E-state index in [2.05, 4.69) is 6.58 Å². The average molecular weight is 271 g/mol. The Balaban J connectivity index is 1.89. The SMILES string of the molecule is C=CCOc1ccc(/C=C/C(=O)N2CCCCC2)cc1. The van der Waals surface area contributed by atoms with Crippen LogP contribution < -0.4 is 4.74 Å². The topological polar surface area (TPSA) is 29.5 Å². The summed E-state index contributed by atoms with van der Waals surface area (Å²) in [5.41, 5.74) is 1.00. The molecule has 1 aliphatic rings.